The van der Waals surface area contributed by atoms with E-state index in [1.807, 2.05) is 32.2 Å². The molecule has 5 heteroatoms. The Balaban J connectivity index is 2.45. The SMILES string of the molecule is CCc1nc(-c2ccc(OC)c(N)c2)n(C)n1. The molecule has 0 aliphatic rings. The quantitative estimate of drug-likeness (QED) is 0.817. The Morgan fingerprint density at radius 2 is 2.18 bits per heavy atom. The molecule has 17 heavy (non-hydrogen) atoms. The third kappa shape index (κ3) is 2.08. The van der Waals surface area contributed by atoms with E-state index in [-0.39, 0.29) is 0 Å². The van der Waals surface area contributed by atoms with Gasteiger partial charge in [-0.2, -0.15) is 5.10 Å². The highest BCUT2D eigenvalue weighted by atomic mass is 16.5. The standard InChI is InChI=1S/C12H16N4O/c1-4-11-14-12(16(2)15-11)8-5-6-10(17-3)9(13)7-8/h5-7H,4,13H2,1-3H3. The molecule has 5 nitrogen and oxygen atoms in total. The van der Waals surface area contributed by atoms with E-state index in [4.69, 9.17) is 10.5 Å². The number of nitrogens with two attached hydrogens (primary N) is 1. The van der Waals surface area contributed by atoms with Crippen molar-refractivity contribution in [3.8, 4) is 17.1 Å². The Morgan fingerprint density at radius 1 is 1.41 bits per heavy atom. The summed E-state index contributed by atoms with van der Waals surface area (Å²) in [5, 5.41) is 4.31. The fourth-order valence-electron chi connectivity index (χ4n) is 1.71. The molecule has 0 spiro atoms. The number of nitrogen functional groups attached to an aromatic ring is 1. The lowest BCUT2D eigenvalue weighted by atomic mass is 10.2. The summed E-state index contributed by atoms with van der Waals surface area (Å²) in [6, 6.07) is 5.62. The number of benzene rings is 1. The molecule has 0 saturated carbocycles. The van der Waals surface area contributed by atoms with Crippen LogP contribution in [0, 0.1) is 0 Å². The lowest BCUT2D eigenvalue weighted by Gasteiger charge is -2.06. The summed E-state index contributed by atoms with van der Waals surface area (Å²) in [7, 11) is 3.48. The van der Waals surface area contributed by atoms with Gasteiger partial charge in [-0.25, -0.2) is 9.67 Å². The van der Waals surface area contributed by atoms with Crippen molar-refractivity contribution < 1.29 is 4.74 Å². The van der Waals surface area contributed by atoms with Crippen molar-refractivity contribution >= 4 is 5.69 Å². The highest BCUT2D eigenvalue weighted by Gasteiger charge is 2.10. The van der Waals surface area contributed by atoms with Crippen LogP contribution < -0.4 is 10.5 Å². The molecule has 0 amide bonds. The summed E-state index contributed by atoms with van der Waals surface area (Å²) in [6.07, 6.45) is 0.819. The van der Waals surface area contributed by atoms with Gasteiger partial charge in [-0.15, -0.1) is 0 Å². The zero-order valence-electron chi connectivity index (χ0n) is 10.3. The van der Waals surface area contributed by atoms with Gasteiger partial charge in [0, 0.05) is 19.0 Å². The van der Waals surface area contributed by atoms with Crippen LogP contribution in [0.1, 0.15) is 12.7 Å². The lowest BCUT2D eigenvalue weighted by molar-refractivity contribution is 0.417. The largest absolute Gasteiger partial charge is 0.495 e. The molecule has 0 saturated heterocycles. The summed E-state index contributed by atoms with van der Waals surface area (Å²) in [5.41, 5.74) is 7.42. The van der Waals surface area contributed by atoms with Gasteiger partial charge in [0.2, 0.25) is 0 Å². The van der Waals surface area contributed by atoms with Crippen molar-refractivity contribution in [2.24, 2.45) is 7.05 Å². The summed E-state index contributed by atoms with van der Waals surface area (Å²) in [6.45, 7) is 2.03. The minimum atomic E-state index is 0.603. The maximum Gasteiger partial charge on any atom is 0.158 e. The zero-order valence-corrected chi connectivity index (χ0v) is 10.3. The van der Waals surface area contributed by atoms with E-state index in [1.165, 1.54) is 0 Å². The molecule has 0 aliphatic heterocycles. The highest BCUT2D eigenvalue weighted by Crippen LogP contribution is 2.27. The molecule has 2 rings (SSSR count). The predicted octanol–water partition coefficient (Wildman–Crippen LogP) is 1.64. The molecule has 1 aromatic carbocycles. The van der Waals surface area contributed by atoms with Crippen LogP contribution in [-0.4, -0.2) is 21.9 Å². The van der Waals surface area contributed by atoms with Crippen LogP contribution in [0.3, 0.4) is 0 Å². The minimum absolute atomic E-state index is 0.603. The Hall–Kier alpha value is -2.04. The van der Waals surface area contributed by atoms with E-state index >= 15 is 0 Å². The average molecular weight is 232 g/mol. The van der Waals surface area contributed by atoms with E-state index in [0.29, 0.717) is 11.4 Å². The Kier molecular flexibility index (Phi) is 2.99. The first kappa shape index (κ1) is 11.4. The number of ether oxygens (including phenoxy) is 1. The summed E-state index contributed by atoms with van der Waals surface area (Å²) in [4.78, 5) is 4.45. The fourth-order valence-corrected chi connectivity index (χ4v) is 1.71. The van der Waals surface area contributed by atoms with Gasteiger partial charge < -0.3 is 10.5 Å². The van der Waals surface area contributed by atoms with E-state index in [1.54, 1.807) is 11.8 Å². The molecule has 0 atom stereocenters. The van der Waals surface area contributed by atoms with Crippen molar-refractivity contribution in [2.75, 3.05) is 12.8 Å². The predicted molar refractivity (Wildman–Crippen MR) is 66.8 cm³/mol. The number of aromatic nitrogens is 3. The van der Waals surface area contributed by atoms with E-state index in [2.05, 4.69) is 10.1 Å². The van der Waals surface area contributed by atoms with Gasteiger partial charge in [-0.05, 0) is 18.2 Å². The molecule has 1 heterocycles. The molecule has 0 bridgehead atoms. The second-order valence-electron chi connectivity index (χ2n) is 3.79. The van der Waals surface area contributed by atoms with Crippen molar-refractivity contribution in [3.63, 3.8) is 0 Å². The Bertz CT molecular complexity index is 533. The van der Waals surface area contributed by atoms with Crippen LogP contribution in [0.15, 0.2) is 18.2 Å². The zero-order chi connectivity index (χ0) is 12.4. The maximum atomic E-state index is 5.88. The number of hydrogen-bond donors (Lipinski definition) is 1. The maximum absolute atomic E-state index is 5.88. The van der Waals surface area contributed by atoms with Crippen molar-refractivity contribution in [1.29, 1.82) is 0 Å². The first-order valence-electron chi connectivity index (χ1n) is 5.49. The van der Waals surface area contributed by atoms with E-state index in [9.17, 15) is 0 Å². The highest BCUT2D eigenvalue weighted by molar-refractivity contribution is 5.66. The van der Waals surface area contributed by atoms with Crippen LogP contribution >= 0.6 is 0 Å². The van der Waals surface area contributed by atoms with Crippen LogP contribution in [0.2, 0.25) is 0 Å². The molecule has 0 radical (unpaired) electrons. The summed E-state index contributed by atoms with van der Waals surface area (Å²) in [5.74, 6) is 2.32. The van der Waals surface area contributed by atoms with Crippen LogP contribution in [0.25, 0.3) is 11.4 Å². The normalized spacial score (nSPS) is 10.5. The Morgan fingerprint density at radius 3 is 2.71 bits per heavy atom. The number of nitrogens with zero attached hydrogens (tertiary/aromatic N) is 3. The van der Waals surface area contributed by atoms with Crippen molar-refractivity contribution in [2.45, 2.75) is 13.3 Å². The summed E-state index contributed by atoms with van der Waals surface area (Å²) < 4.78 is 6.89. The third-order valence-corrected chi connectivity index (χ3v) is 2.61. The number of anilines is 1. The first-order chi connectivity index (χ1) is 8.15. The topological polar surface area (TPSA) is 66.0 Å². The molecule has 0 aliphatic carbocycles. The fraction of sp³-hybridized carbons (Fsp3) is 0.333. The van der Waals surface area contributed by atoms with E-state index in [0.717, 1.165) is 23.6 Å². The second kappa shape index (κ2) is 4.45. The van der Waals surface area contributed by atoms with Crippen LogP contribution in [-0.2, 0) is 13.5 Å². The van der Waals surface area contributed by atoms with Crippen molar-refractivity contribution in [3.05, 3.63) is 24.0 Å². The smallest absolute Gasteiger partial charge is 0.158 e. The molecule has 2 N–H and O–H groups in total. The van der Waals surface area contributed by atoms with Crippen LogP contribution in [0.4, 0.5) is 5.69 Å². The number of hydrogen-bond acceptors (Lipinski definition) is 4. The lowest BCUT2D eigenvalue weighted by Crippen LogP contribution is -1.97. The molecule has 0 fully saturated rings. The second-order valence-corrected chi connectivity index (χ2v) is 3.79. The summed E-state index contributed by atoms with van der Waals surface area (Å²) >= 11 is 0. The minimum Gasteiger partial charge on any atom is -0.495 e. The monoisotopic (exact) mass is 232 g/mol. The Labute approximate surface area is 100 Å². The van der Waals surface area contributed by atoms with Gasteiger partial charge in [0.05, 0.1) is 12.8 Å². The molecule has 0 unspecified atom stereocenters. The van der Waals surface area contributed by atoms with Crippen molar-refractivity contribution in [1.82, 2.24) is 14.8 Å². The third-order valence-electron chi connectivity index (χ3n) is 2.61. The number of aryl methyl sites for hydroxylation is 2. The van der Waals surface area contributed by atoms with Gasteiger partial charge in [0.25, 0.3) is 0 Å². The number of rotatable bonds is 3. The van der Waals surface area contributed by atoms with E-state index < -0.39 is 0 Å². The molecule has 1 aromatic heterocycles. The van der Waals surface area contributed by atoms with Gasteiger partial charge in [0.1, 0.15) is 5.75 Å². The molecular formula is C12H16N4O. The van der Waals surface area contributed by atoms with Crippen LogP contribution in [0.5, 0.6) is 5.75 Å². The molecular weight excluding hydrogens is 216 g/mol. The van der Waals surface area contributed by atoms with Gasteiger partial charge in [-0.1, -0.05) is 6.92 Å². The molecule has 90 valence electrons. The van der Waals surface area contributed by atoms with Gasteiger partial charge in [0.15, 0.2) is 11.6 Å². The first-order valence-corrected chi connectivity index (χ1v) is 5.49. The van der Waals surface area contributed by atoms with Gasteiger partial charge >= 0.3 is 0 Å². The molecule has 2 aromatic rings. The number of methoxy groups -OCH3 is 1. The van der Waals surface area contributed by atoms with Gasteiger partial charge in [-0.3, -0.25) is 0 Å². The average Bonchev–Trinajstić information content (AvgIpc) is 2.70.